The summed E-state index contributed by atoms with van der Waals surface area (Å²) in [6, 6.07) is 15.8. The maximum absolute atomic E-state index is 14.3. The SMILES string of the molecule is CC(C)(C)c1cccc(NC(=O)C2CCCN(C(=O)c3ccccc3N3CCOCC3)C2[C@@H]2C=CC=CC2)c1. The summed E-state index contributed by atoms with van der Waals surface area (Å²) >= 11 is 0. The van der Waals surface area contributed by atoms with Crippen LogP contribution in [0.15, 0.2) is 72.8 Å². The van der Waals surface area contributed by atoms with Crippen LogP contribution in [0.2, 0.25) is 0 Å². The molecule has 1 aliphatic carbocycles. The predicted molar refractivity (Wildman–Crippen MR) is 157 cm³/mol. The van der Waals surface area contributed by atoms with Crippen molar-refractivity contribution in [1.82, 2.24) is 4.90 Å². The molecular formula is C33H41N3O3. The number of nitrogens with zero attached hydrogens (tertiary/aromatic N) is 2. The van der Waals surface area contributed by atoms with Crippen LogP contribution in [-0.4, -0.2) is 55.6 Å². The fourth-order valence-corrected chi connectivity index (χ4v) is 6.11. The van der Waals surface area contributed by atoms with Gasteiger partial charge in [0.2, 0.25) is 5.91 Å². The number of allylic oxidation sites excluding steroid dienone is 3. The molecule has 0 bridgehead atoms. The van der Waals surface area contributed by atoms with Crippen molar-refractivity contribution in [2.24, 2.45) is 11.8 Å². The summed E-state index contributed by atoms with van der Waals surface area (Å²) in [5.41, 5.74) is 3.64. The topological polar surface area (TPSA) is 61.9 Å². The van der Waals surface area contributed by atoms with Crippen molar-refractivity contribution < 1.29 is 14.3 Å². The first-order valence-corrected chi connectivity index (χ1v) is 14.3. The van der Waals surface area contributed by atoms with Crippen LogP contribution in [-0.2, 0) is 14.9 Å². The van der Waals surface area contributed by atoms with Crippen LogP contribution in [0.3, 0.4) is 0 Å². The average Bonchev–Trinajstić information content (AvgIpc) is 2.97. The molecule has 2 fully saturated rings. The van der Waals surface area contributed by atoms with E-state index in [0.717, 1.165) is 43.7 Å². The molecule has 206 valence electrons. The van der Waals surface area contributed by atoms with Crippen LogP contribution in [0.1, 0.15) is 56.0 Å². The van der Waals surface area contributed by atoms with Crippen molar-refractivity contribution in [3.05, 3.63) is 84.0 Å². The van der Waals surface area contributed by atoms with Gasteiger partial charge in [-0.25, -0.2) is 0 Å². The van der Waals surface area contributed by atoms with Gasteiger partial charge in [-0.2, -0.15) is 0 Å². The van der Waals surface area contributed by atoms with E-state index in [0.29, 0.717) is 25.3 Å². The third-order valence-electron chi connectivity index (χ3n) is 8.22. The minimum Gasteiger partial charge on any atom is -0.378 e. The molecule has 2 aromatic rings. The summed E-state index contributed by atoms with van der Waals surface area (Å²) in [5, 5.41) is 3.21. The Morgan fingerprint density at radius 1 is 0.974 bits per heavy atom. The highest BCUT2D eigenvalue weighted by atomic mass is 16.5. The Kier molecular flexibility index (Phi) is 8.22. The number of amides is 2. The smallest absolute Gasteiger partial charge is 0.256 e. The minimum absolute atomic E-state index is 0.00650. The molecule has 0 spiro atoms. The van der Waals surface area contributed by atoms with Gasteiger partial charge in [-0.3, -0.25) is 9.59 Å². The highest BCUT2D eigenvalue weighted by molar-refractivity contribution is 6.01. The van der Waals surface area contributed by atoms with Crippen molar-refractivity contribution >= 4 is 23.2 Å². The van der Waals surface area contributed by atoms with E-state index in [1.165, 1.54) is 5.56 Å². The van der Waals surface area contributed by atoms with Gasteiger partial charge >= 0.3 is 0 Å². The quantitative estimate of drug-likeness (QED) is 0.533. The molecule has 6 nitrogen and oxygen atoms in total. The zero-order valence-electron chi connectivity index (χ0n) is 23.4. The molecule has 2 amide bonds. The number of anilines is 2. The van der Waals surface area contributed by atoms with Crippen molar-refractivity contribution in [1.29, 1.82) is 0 Å². The van der Waals surface area contributed by atoms with Gasteiger partial charge in [-0.05, 0) is 54.5 Å². The Hall–Kier alpha value is -3.38. The van der Waals surface area contributed by atoms with E-state index in [4.69, 9.17) is 4.74 Å². The molecule has 3 atom stereocenters. The number of carbonyl (C=O) groups is 2. The van der Waals surface area contributed by atoms with E-state index in [1.807, 2.05) is 47.4 Å². The summed E-state index contributed by atoms with van der Waals surface area (Å²) in [5.74, 6) is -0.200. The van der Waals surface area contributed by atoms with E-state index in [-0.39, 0.29) is 35.1 Å². The molecular weight excluding hydrogens is 486 g/mol. The standard InChI is InChI=1S/C33H41N3O3/c1-33(2,3)25-13-9-14-26(23-25)34-31(37)28-16-10-18-36(30(28)24-11-5-4-6-12-24)32(38)27-15-7-8-17-29(27)35-19-21-39-22-20-35/h4-9,11,13-15,17,23-24,28,30H,10,12,16,18-22H2,1-3H3,(H,34,37)/t24-,28?,30?/m1/s1. The Bertz CT molecular complexity index is 1240. The molecule has 2 saturated heterocycles. The highest BCUT2D eigenvalue weighted by Crippen LogP contribution is 2.36. The zero-order valence-corrected chi connectivity index (χ0v) is 23.4. The van der Waals surface area contributed by atoms with Crippen LogP contribution in [0.4, 0.5) is 11.4 Å². The lowest BCUT2D eigenvalue weighted by Gasteiger charge is -2.44. The number of morpholine rings is 1. The number of carbonyl (C=O) groups excluding carboxylic acids is 2. The fourth-order valence-electron chi connectivity index (χ4n) is 6.11. The minimum atomic E-state index is -0.294. The van der Waals surface area contributed by atoms with Gasteiger partial charge in [0.25, 0.3) is 5.91 Å². The van der Waals surface area contributed by atoms with Crippen molar-refractivity contribution in [3.63, 3.8) is 0 Å². The number of para-hydroxylation sites is 1. The van der Waals surface area contributed by atoms with Crippen LogP contribution in [0.5, 0.6) is 0 Å². The van der Waals surface area contributed by atoms with Gasteiger partial charge in [0, 0.05) is 36.9 Å². The Balaban J connectivity index is 1.44. The van der Waals surface area contributed by atoms with Crippen molar-refractivity contribution in [2.75, 3.05) is 43.1 Å². The lowest BCUT2D eigenvalue weighted by Crippen LogP contribution is -2.55. The van der Waals surface area contributed by atoms with Gasteiger partial charge in [0.05, 0.1) is 30.7 Å². The van der Waals surface area contributed by atoms with E-state index in [2.05, 4.69) is 61.3 Å². The molecule has 0 aromatic heterocycles. The molecule has 6 heteroatoms. The highest BCUT2D eigenvalue weighted by Gasteiger charge is 2.42. The third-order valence-corrected chi connectivity index (χ3v) is 8.22. The van der Waals surface area contributed by atoms with Gasteiger partial charge in [0.1, 0.15) is 0 Å². The Morgan fingerprint density at radius 3 is 2.51 bits per heavy atom. The molecule has 1 N–H and O–H groups in total. The van der Waals surface area contributed by atoms with Gasteiger partial charge in [0.15, 0.2) is 0 Å². The number of piperidine rings is 1. The summed E-state index contributed by atoms with van der Waals surface area (Å²) in [6.45, 7) is 10.0. The fraction of sp³-hybridized carbons (Fsp3) is 0.455. The monoisotopic (exact) mass is 527 g/mol. The second kappa shape index (κ2) is 11.8. The maximum atomic E-state index is 14.3. The first-order chi connectivity index (χ1) is 18.8. The molecule has 0 saturated carbocycles. The van der Waals surface area contributed by atoms with Gasteiger partial charge in [-0.15, -0.1) is 0 Å². The lowest BCUT2D eigenvalue weighted by atomic mass is 9.77. The Morgan fingerprint density at radius 2 is 1.77 bits per heavy atom. The van der Waals surface area contributed by atoms with Gasteiger partial charge in [-0.1, -0.05) is 69.3 Å². The van der Waals surface area contributed by atoms with Crippen molar-refractivity contribution in [2.45, 2.75) is 51.5 Å². The normalized spacial score (nSPS) is 23.5. The lowest BCUT2D eigenvalue weighted by molar-refractivity contribution is -0.123. The van der Waals surface area contributed by atoms with Gasteiger partial charge < -0.3 is 19.9 Å². The predicted octanol–water partition coefficient (Wildman–Crippen LogP) is 5.81. The molecule has 2 heterocycles. The van der Waals surface area contributed by atoms with Crippen LogP contribution in [0.25, 0.3) is 0 Å². The maximum Gasteiger partial charge on any atom is 0.256 e. The number of hydrogen-bond donors (Lipinski definition) is 1. The number of ether oxygens (including phenoxy) is 1. The van der Waals surface area contributed by atoms with E-state index in [1.54, 1.807) is 0 Å². The summed E-state index contributed by atoms with van der Waals surface area (Å²) in [7, 11) is 0. The first kappa shape index (κ1) is 27.2. The largest absolute Gasteiger partial charge is 0.378 e. The molecule has 5 rings (SSSR count). The number of nitrogens with one attached hydrogen (secondary N) is 1. The number of likely N-dealkylation sites (tertiary alicyclic amines) is 1. The van der Waals surface area contributed by atoms with E-state index in [9.17, 15) is 9.59 Å². The molecule has 2 unspecified atom stereocenters. The summed E-state index contributed by atoms with van der Waals surface area (Å²) in [6.07, 6.45) is 10.8. The van der Waals surface area contributed by atoms with Crippen molar-refractivity contribution in [3.8, 4) is 0 Å². The third kappa shape index (κ3) is 6.11. The number of hydrogen-bond acceptors (Lipinski definition) is 4. The molecule has 0 radical (unpaired) electrons. The zero-order chi connectivity index (χ0) is 27.4. The molecule has 3 aliphatic rings. The second-order valence-electron chi connectivity index (χ2n) is 11.9. The molecule has 2 aliphatic heterocycles. The summed E-state index contributed by atoms with van der Waals surface area (Å²) in [4.78, 5) is 32.4. The number of benzene rings is 2. The Labute approximate surface area is 232 Å². The van der Waals surface area contributed by atoms with Crippen LogP contribution >= 0.6 is 0 Å². The van der Waals surface area contributed by atoms with E-state index >= 15 is 0 Å². The number of rotatable bonds is 5. The van der Waals surface area contributed by atoms with Crippen LogP contribution < -0.4 is 10.2 Å². The molecule has 39 heavy (non-hydrogen) atoms. The van der Waals surface area contributed by atoms with Crippen LogP contribution in [0, 0.1) is 11.8 Å². The molecule has 2 aromatic carbocycles. The van der Waals surface area contributed by atoms with E-state index < -0.39 is 0 Å². The second-order valence-corrected chi connectivity index (χ2v) is 11.9. The average molecular weight is 528 g/mol. The summed E-state index contributed by atoms with van der Waals surface area (Å²) < 4.78 is 5.55. The first-order valence-electron chi connectivity index (χ1n) is 14.3.